The molecule has 0 aromatic heterocycles. The maximum Gasteiger partial charge on any atom is 0.491 e. The Labute approximate surface area is 152 Å². The minimum absolute atomic E-state index is 0.0572. The number of hydrogen-bond donors (Lipinski definition) is 0. The van der Waals surface area contributed by atoms with E-state index in [9.17, 15) is 13.6 Å². The fourth-order valence-corrected chi connectivity index (χ4v) is 2.94. The number of carbonyl (C=O) groups excluding carboxylic acids is 1. The van der Waals surface area contributed by atoms with Crippen LogP contribution >= 0.6 is 11.8 Å². The molecule has 0 amide bonds. The van der Waals surface area contributed by atoms with E-state index in [0.717, 1.165) is 17.8 Å². The van der Waals surface area contributed by atoms with Crippen molar-refractivity contribution in [3.8, 4) is 0 Å². The molecule has 3 nitrogen and oxygen atoms in total. The summed E-state index contributed by atoms with van der Waals surface area (Å²) in [6.07, 6.45) is 1.58. The summed E-state index contributed by atoms with van der Waals surface area (Å²) in [5.41, 5.74) is 0.126. The van der Waals surface area contributed by atoms with Gasteiger partial charge in [-0.05, 0) is 51.7 Å². The molecule has 0 unspecified atom stereocenters. The van der Waals surface area contributed by atoms with Gasteiger partial charge in [-0.2, -0.15) is 0 Å². The van der Waals surface area contributed by atoms with Crippen LogP contribution < -0.4 is 0 Å². The minimum Gasteiger partial charge on any atom is -0.400 e. The van der Waals surface area contributed by atoms with E-state index in [0.29, 0.717) is 16.8 Å². The third kappa shape index (κ3) is 4.51. The van der Waals surface area contributed by atoms with Gasteiger partial charge >= 0.3 is 7.12 Å². The minimum atomic E-state index is -0.693. The number of hydrogen-bond acceptors (Lipinski definition) is 4. The van der Waals surface area contributed by atoms with Crippen molar-refractivity contribution in [1.82, 2.24) is 0 Å². The van der Waals surface area contributed by atoms with Crippen molar-refractivity contribution in [2.75, 3.05) is 5.75 Å². The van der Waals surface area contributed by atoms with E-state index in [1.54, 1.807) is 13.0 Å². The highest BCUT2D eigenvalue weighted by Gasteiger charge is 2.52. The summed E-state index contributed by atoms with van der Waals surface area (Å²) in [6, 6.07) is 2.30. The molecule has 1 saturated heterocycles. The van der Waals surface area contributed by atoms with E-state index in [4.69, 9.17) is 9.31 Å². The van der Waals surface area contributed by atoms with Gasteiger partial charge in [0, 0.05) is 24.3 Å². The Bertz CT molecular complexity index is 701. The van der Waals surface area contributed by atoms with Crippen molar-refractivity contribution in [3.05, 3.63) is 40.4 Å². The van der Waals surface area contributed by atoms with E-state index < -0.39 is 30.0 Å². The second-order valence-electron chi connectivity index (χ2n) is 7.21. The molecule has 1 aromatic carbocycles. The Morgan fingerprint density at radius 1 is 1.16 bits per heavy atom. The van der Waals surface area contributed by atoms with Gasteiger partial charge in [0.25, 0.3) is 0 Å². The second kappa shape index (κ2) is 7.21. The fourth-order valence-electron chi connectivity index (χ4n) is 2.35. The molecule has 1 fully saturated rings. The number of aryl methyl sites for hydroxylation is 1. The molecule has 136 valence electrons. The second-order valence-corrected chi connectivity index (χ2v) is 8.36. The van der Waals surface area contributed by atoms with Crippen LogP contribution in [0.1, 0.15) is 45.7 Å². The van der Waals surface area contributed by atoms with Crippen LogP contribution in [-0.2, 0) is 14.1 Å². The van der Waals surface area contributed by atoms with Crippen LogP contribution in [-0.4, -0.2) is 29.2 Å². The highest BCUT2D eigenvalue weighted by Crippen LogP contribution is 2.39. The first kappa shape index (κ1) is 20.1. The number of thioether (sulfide) groups is 1. The van der Waals surface area contributed by atoms with Crippen LogP contribution in [0.25, 0.3) is 6.08 Å². The molecule has 1 heterocycles. The van der Waals surface area contributed by atoms with Crippen molar-refractivity contribution >= 4 is 30.1 Å². The van der Waals surface area contributed by atoms with Crippen LogP contribution in [0, 0.1) is 18.6 Å². The third-order valence-electron chi connectivity index (χ3n) is 4.62. The molecule has 0 saturated carbocycles. The van der Waals surface area contributed by atoms with Crippen molar-refractivity contribution in [1.29, 1.82) is 0 Å². The topological polar surface area (TPSA) is 35.5 Å². The third-order valence-corrected chi connectivity index (χ3v) is 5.50. The number of benzene rings is 1. The van der Waals surface area contributed by atoms with E-state index in [-0.39, 0.29) is 10.7 Å². The lowest BCUT2D eigenvalue weighted by Gasteiger charge is -2.32. The molecule has 0 aliphatic carbocycles. The largest absolute Gasteiger partial charge is 0.491 e. The van der Waals surface area contributed by atoms with Crippen molar-refractivity contribution in [2.45, 2.75) is 52.7 Å². The molecular weight excluding hydrogens is 345 g/mol. The Morgan fingerprint density at radius 2 is 1.72 bits per heavy atom. The van der Waals surface area contributed by atoms with Crippen LogP contribution in [0.4, 0.5) is 8.78 Å². The Balaban J connectivity index is 2.40. The molecule has 0 N–H and O–H groups in total. The highest BCUT2D eigenvalue weighted by molar-refractivity contribution is 8.13. The smallest absolute Gasteiger partial charge is 0.400 e. The quantitative estimate of drug-likeness (QED) is 0.730. The molecule has 1 aromatic rings. The van der Waals surface area contributed by atoms with Crippen molar-refractivity contribution in [2.24, 2.45) is 0 Å². The molecule has 0 atom stereocenters. The first-order valence-corrected chi connectivity index (χ1v) is 9.06. The molecule has 0 radical (unpaired) electrons. The summed E-state index contributed by atoms with van der Waals surface area (Å²) in [5.74, 6) is -0.947. The van der Waals surface area contributed by atoms with Crippen LogP contribution in [0.5, 0.6) is 0 Å². The van der Waals surface area contributed by atoms with Gasteiger partial charge in [0.15, 0.2) is 5.12 Å². The zero-order valence-corrected chi connectivity index (χ0v) is 16.2. The Morgan fingerprint density at radius 3 is 2.24 bits per heavy atom. The standard InChI is InChI=1S/C18H23BF2O3S/c1-11-7-13(16(21)9-15(11)20)8-14(10-25-12(2)22)19-23-17(3,4)18(5,6)24-19/h7-9H,10H2,1-6H3. The van der Waals surface area contributed by atoms with Gasteiger partial charge in [0.2, 0.25) is 0 Å². The molecule has 1 aliphatic heterocycles. The monoisotopic (exact) mass is 368 g/mol. The van der Waals surface area contributed by atoms with E-state index in [1.807, 2.05) is 27.7 Å². The molecular formula is C18H23BF2O3S. The van der Waals surface area contributed by atoms with Crippen LogP contribution in [0.2, 0.25) is 0 Å². The Kier molecular flexibility index (Phi) is 5.81. The molecule has 1 aliphatic rings. The zero-order valence-electron chi connectivity index (χ0n) is 15.4. The van der Waals surface area contributed by atoms with Gasteiger partial charge < -0.3 is 9.31 Å². The predicted molar refractivity (Wildman–Crippen MR) is 98.3 cm³/mol. The highest BCUT2D eigenvalue weighted by atomic mass is 32.2. The molecule has 2 rings (SSSR count). The summed E-state index contributed by atoms with van der Waals surface area (Å²) >= 11 is 1.10. The lowest BCUT2D eigenvalue weighted by molar-refractivity contribution is -0.109. The number of carbonyl (C=O) groups is 1. The van der Waals surface area contributed by atoms with Gasteiger partial charge in [-0.15, -0.1) is 0 Å². The zero-order chi connectivity index (χ0) is 19.0. The van der Waals surface area contributed by atoms with Crippen LogP contribution in [0.15, 0.2) is 17.6 Å². The first-order valence-electron chi connectivity index (χ1n) is 8.08. The lowest BCUT2D eigenvalue weighted by Crippen LogP contribution is -2.41. The number of halogens is 2. The van der Waals surface area contributed by atoms with Gasteiger partial charge in [-0.3, -0.25) is 4.79 Å². The summed E-state index contributed by atoms with van der Waals surface area (Å²) in [5, 5.41) is -0.0572. The lowest BCUT2D eigenvalue weighted by atomic mass is 9.78. The summed E-state index contributed by atoms with van der Waals surface area (Å²) in [7, 11) is -0.693. The predicted octanol–water partition coefficient (Wildman–Crippen LogP) is 4.57. The van der Waals surface area contributed by atoms with Gasteiger partial charge in [0.05, 0.1) is 11.2 Å². The Hall–Kier alpha value is -1.18. The van der Waals surface area contributed by atoms with Crippen molar-refractivity contribution in [3.63, 3.8) is 0 Å². The summed E-state index contributed by atoms with van der Waals surface area (Å²) in [4.78, 5) is 11.4. The fraction of sp³-hybridized carbons (Fsp3) is 0.500. The average Bonchev–Trinajstić information content (AvgIpc) is 2.68. The maximum absolute atomic E-state index is 14.1. The number of rotatable bonds is 4. The van der Waals surface area contributed by atoms with Crippen molar-refractivity contribution < 1.29 is 22.9 Å². The SMILES string of the molecule is CC(=O)SCC(=Cc1cc(C)c(F)cc1F)B1OC(C)(C)C(C)(C)O1. The normalized spacial score (nSPS) is 19.4. The summed E-state index contributed by atoms with van der Waals surface area (Å²) < 4.78 is 39.7. The van der Waals surface area contributed by atoms with Gasteiger partial charge in [-0.1, -0.05) is 17.8 Å². The molecule has 0 spiro atoms. The van der Waals surface area contributed by atoms with E-state index >= 15 is 0 Å². The van der Waals surface area contributed by atoms with Crippen LogP contribution in [0.3, 0.4) is 0 Å². The molecule has 0 bridgehead atoms. The van der Waals surface area contributed by atoms with E-state index in [2.05, 4.69) is 0 Å². The average molecular weight is 368 g/mol. The molecule has 25 heavy (non-hydrogen) atoms. The van der Waals surface area contributed by atoms with Gasteiger partial charge in [0.1, 0.15) is 11.6 Å². The van der Waals surface area contributed by atoms with Gasteiger partial charge in [-0.25, -0.2) is 8.78 Å². The first-order chi connectivity index (χ1) is 11.4. The van der Waals surface area contributed by atoms with E-state index in [1.165, 1.54) is 13.0 Å². The molecule has 7 heteroatoms. The maximum atomic E-state index is 14.1. The summed E-state index contributed by atoms with van der Waals surface area (Å²) in [6.45, 7) is 10.7.